The molecule has 0 unspecified atom stereocenters. The van der Waals surface area contributed by atoms with Crippen molar-refractivity contribution in [3.8, 4) is 0 Å². The lowest BCUT2D eigenvalue weighted by Crippen LogP contribution is -2.28. The van der Waals surface area contributed by atoms with Crippen LogP contribution < -0.4 is 0 Å². The van der Waals surface area contributed by atoms with E-state index in [4.69, 9.17) is 11.6 Å². The molecule has 0 fully saturated rings. The third kappa shape index (κ3) is 3.06. The highest BCUT2D eigenvalue weighted by Gasteiger charge is 2.10. The van der Waals surface area contributed by atoms with Gasteiger partial charge in [-0.05, 0) is 17.7 Å². The van der Waals surface area contributed by atoms with E-state index in [2.05, 4.69) is 0 Å². The minimum atomic E-state index is -0.164. The topological polar surface area (TPSA) is 37.4 Å². The quantitative estimate of drug-likeness (QED) is 0.578. The van der Waals surface area contributed by atoms with Crippen molar-refractivity contribution in [1.29, 1.82) is 0 Å². The van der Waals surface area contributed by atoms with Gasteiger partial charge >= 0.3 is 0 Å². The first-order chi connectivity index (χ1) is 7.19. The zero-order valence-electron chi connectivity index (χ0n) is 8.44. The average Bonchev–Trinajstić information content (AvgIpc) is 2.28. The zero-order valence-corrected chi connectivity index (χ0v) is 9.20. The summed E-state index contributed by atoms with van der Waals surface area (Å²) in [6, 6.07) is 7.02. The lowest BCUT2D eigenvalue weighted by Gasteiger charge is -2.13. The Morgan fingerprint density at radius 1 is 1.40 bits per heavy atom. The number of rotatable bonds is 4. The van der Waals surface area contributed by atoms with Gasteiger partial charge in [0.05, 0.1) is 6.54 Å². The Labute approximate surface area is 93.6 Å². The number of halogens is 1. The maximum Gasteiger partial charge on any atom is 0.253 e. The van der Waals surface area contributed by atoms with Gasteiger partial charge in [0.2, 0.25) is 0 Å². The number of amides is 1. The van der Waals surface area contributed by atoms with Gasteiger partial charge in [-0.3, -0.25) is 4.79 Å². The van der Waals surface area contributed by atoms with Crippen molar-refractivity contribution in [2.75, 3.05) is 13.6 Å². The Bertz CT molecular complexity index is 348. The fourth-order valence-corrected chi connectivity index (χ4v) is 1.33. The Kier molecular flexibility index (Phi) is 4.31. The molecule has 1 amide bonds. The monoisotopic (exact) mass is 225 g/mol. The molecule has 0 aliphatic rings. The number of benzene rings is 1. The number of aldehydes is 1. The lowest BCUT2D eigenvalue weighted by molar-refractivity contribution is -0.108. The molecule has 1 aromatic rings. The van der Waals surface area contributed by atoms with Crippen molar-refractivity contribution >= 4 is 23.8 Å². The molecular formula is C11H12ClNO2. The van der Waals surface area contributed by atoms with Crippen molar-refractivity contribution in [2.24, 2.45) is 0 Å². The van der Waals surface area contributed by atoms with Gasteiger partial charge in [0.15, 0.2) is 0 Å². The third-order valence-electron chi connectivity index (χ3n) is 2.05. The van der Waals surface area contributed by atoms with Gasteiger partial charge in [-0.2, -0.15) is 0 Å². The molecule has 4 heteroatoms. The number of likely N-dealkylation sites (N-methyl/N-ethyl adjacent to an activating group) is 1. The summed E-state index contributed by atoms with van der Waals surface area (Å²) in [4.78, 5) is 23.3. The molecule has 0 bridgehead atoms. The smallest absolute Gasteiger partial charge is 0.253 e. The van der Waals surface area contributed by atoms with Crippen molar-refractivity contribution in [3.63, 3.8) is 0 Å². The van der Waals surface area contributed by atoms with Crippen LogP contribution in [0.4, 0.5) is 0 Å². The lowest BCUT2D eigenvalue weighted by atomic mass is 10.1. The molecule has 0 N–H and O–H groups in total. The van der Waals surface area contributed by atoms with E-state index in [0.717, 1.165) is 5.56 Å². The van der Waals surface area contributed by atoms with Crippen LogP contribution >= 0.6 is 11.6 Å². The number of alkyl halides is 1. The number of carbonyl (C=O) groups excluding carboxylic acids is 2. The van der Waals surface area contributed by atoms with Crippen molar-refractivity contribution in [3.05, 3.63) is 35.4 Å². The average molecular weight is 226 g/mol. The Hall–Kier alpha value is -1.35. The second-order valence-corrected chi connectivity index (χ2v) is 3.45. The van der Waals surface area contributed by atoms with Crippen LogP contribution in [0.25, 0.3) is 0 Å². The van der Waals surface area contributed by atoms with Crippen molar-refractivity contribution in [1.82, 2.24) is 4.90 Å². The summed E-state index contributed by atoms with van der Waals surface area (Å²) >= 11 is 5.63. The van der Waals surface area contributed by atoms with Gasteiger partial charge in [-0.1, -0.05) is 12.1 Å². The SMILES string of the molecule is CN(CC=O)C(=O)c1ccc(CCl)cc1. The first-order valence-electron chi connectivity index (χ1n) is 4.53. The van der Waals surface area contributed by atoms with Crippen LogP contribution in [-0.2, 0) is 10.7 Å². The molecule has 0 aliphatic carbocycles. The standard InChI is InChI=1S/C11H12ClNO2/c1-13(6-7-14)11(15)10-4-2-9(8-12)3-5-10/h2-5,7H,6,8H2,1H3. The number of carbonyl (C=O) groups is 2. The van der Waals surface area contributed by atoms with E-state index in [-0.39, 0.29) is 12.5 Å². The molecule has 15 heavy (non-hydrogen) atoms. The molecular weight excluding hydrogens is 214 g/mol. The molecule has 0 saturated carbocycles. The van der Waals surface area contributed by atoms with Crippen molar-refractivity contribution in [2.45, 2.75) is 5.88 Å². The summed E-state index contributed by atoms with van der Waals surface area (Å²) in [6.07, 6.45) is 0.699. The van der Waals surface area contributed by atoms with Crippen molar-refractivity contribution < 1.29 is 9.59 Å². The largest absolute Gasteiger partial charge is 0.335 e. The summed E-state index contributed by atoms with van der Waals surface area (Å²) in [6.45, 7) is 0.107. The summed E-state index contributed by atoms with van der Waals surface area (Å²) in [5, 5.41) is 0. The maximum absolute atomic E-state index is 11.7. The van der Waals surface area contributed by atoms with E-state index in [0.29, 0.717) is 17.7 Å². The molecule has 0 heterocycles. The van der Waals surface area contributed by atoms with E-state index in [1.807, 2.05) is 0 Å². The van der Waals surface area contributed by atoms with E-state index >= 15 is 0 Å². The molecule has 0 aromatic heterocycles. The van der Waals surface area contributed by atoms with Crippen LogP contribution in [0.1, 0.15) is 15.9 Å². The normalized spacial score (nSPS) is 9.73. The fourth-order valence-electron chi connectivity index (χ4n) is 1.15. The van der Waals surface area contributed by atoms with Gasteiger partial charge in [-0.15, -0.1) is 11.6 Å². The van der Waals surface area contributed by atoms with Crippen LogP contribution in [0.3, 0.4) is 0 Å². The molecule has 3 nitrogen and oxygen atoms in total. The van der Waals surface area contributed by atoms with E-state index < -0.39 is 0 Å². The van der Waals surface area contributed by atoms with E-state index in [9.17, 15) is 9.59 Å². The molecule has 0 saturated heterocycles. The first-order valence-corrected chi connectivity index (χ1v) is 5.06. The van der Waals surface area contributed by atoms with Crippen LogP contribution in [0.2, 0.25) is 0 Å². The molecule has 80 valence electrons. The minimum Gasteiger partial charge on any atom is -0.335 e. The Morgan fingerprint density at radius 3 is 2.47 bits per heavy atom. The highest BCUT2D eigenvalue weighted by Crippen LogP contribution is 2.08. The molecule has 0 spiro atoms. The molecule has 0 aliphatic heterocycles. The van der Waals surface area contributed by atoms with Gasteiger partial charge in [0, 0.05) is 18.5 Å². The minimum absolute atomic E-state index is 0.107. The second-order valence-electron chi connectivity index (χ2n) is 3.18. The fraction of sp³-hybridized carbons (Fsp3) is 0.273. The van der Waals surface area contributed by atoms with Gasteiger partial charge in [0.1, 0.15) is 6.29 Å². The predicted molar refractivity (Wildman–Crippen MR) is 59.0 cm³/mol. The van der Waals surface area contributed by atoms with Crippen LogP contribution in [-0.4, -0.2) is 30.7 Å². The first kappa shape index (κ1) is 11.7. The summed E-state index contributed by atoms with van der Waals surface area (Å²) in [7, 11) is 1.59. The Balaban J connectivity index is 2.77. The van der Waals surface area contributed by atoms with Gasteiger partial charge in [0.25, 0.3) is 5.91 Å². The number of nitrogens with zero attached hydrogens (tertiary/aromatic N) is 1. The van der Waals surface area contributed by atoms with Crippen LogP contribution in [0.5, 0.6) is 0 Å². The molecule has 1 aromatic carbocycles. The maximum atomic E-state index is 11.7. The zero-order chi connectivity index (χ0) is 11.3. The third-order valence-corrected chi connectivity index (χ3v) is 2.36. The summed E-state index contributed by atoms with van der Waals surface area (Å²) in [5.41, 5.74) is 1.53. The number of hydrogen-bond donors (Lipinski definition) is 0. The van der Waals surface area contributed by atoms with Gasteiger partial charge < -0.3 is 9.69 Å². The van der Waals surface area contributed by atoms with E-state index in [1.54, 1.807) is 31.3 Å². The highest BCUT2D eigenvalue weighted by molar-refractivity contribution is 6.17. The van der Waals surface area contributed by atoms with E-state index in [1.165, 1.54) is 4.90 Å². The summed E-state index contributed by atoms with van der Waals surface area (Å²) < 4.78 is 0. The van der Waals surface area contributed by atoms with Gasteiger partial charge in [-0.25, -0.2) is 0 Å². The molecule has 0 atom stereocenters. The Morgan fingerprint density at radius 2 is 2.00 bits per heavy atom. The predicted octanol–water partition coefficient (Wildman–Crippen LogP) is 1.70. The molecule has 0 radical (unpaired) electrons. The number of hydrogen-bond acceptors (Lipinski definition) is 2. The van der Waals surface area contributed by atoms with Crippen LogP contribution in [0.15, 0.2) is 24.3 Å². The second kappa shape index (κ2) is 5.51. The van der Waals surface area contributed by atoms with Crippen LogP contribution in [0, 0.1) is 0 Å². The highest BCUT2D eigenvalue weighted by atomic mass is 35.5. The molecule has 1 rings (SSSR count). The summed E-state index contributed by atoms with van der Waals surface area (Å²) in [5.74, 6) is 0.266.